The predicted molar refractivity (Wildman–Crippen MR) is 72.6 cm³/mol. The molecule has 18 heavy (non-hydrogen) atoms. The molecule has 0 spiro atoms. The summed E-state index contributed by atoms with van der Waals surface area (Å²) in [5, 5.41) is 0.454. The molecule has 0 amide bonds. The van der Waals surface area contributed by atoms with E-state index in [0.717, 1.165) is 12.6 Å². The highest BCUT2D eigenvalue weighted by Crippen LogP contribution is 2.25. The highest BCUT2D eigenvalue weighted by Gasteiger charge is 2.25. The number of halogens is 1. The van der Waals surface area contributed by atoms with Gasteiger partial charge in [-0.15, -0.1) is 0 Å². The molecule has 1 aliphatic rings. The number of benzene rings is 1. The molecule has 0 radical (unpaired) electrons. The van der Waals surface area contributed by atoms with Crippen LogP contribution in [0.5, 0.6) is 5.75 Å². The van der Waals surface area contributed by atoms with Crippen LogP contribution in [0.1, 0.15) is 30.1 Å². The lowest BCUT2D eigenvalue weighted by Gasteiger charge is -2.16. The summed E-state index contributed by atoms with van der Waals surface area (Å²) in [6, 6.07) is 5.96. The van der Waals surface area contributed by atoms with Crippen LogP contribution < -0.4 is 4.74 Å². The van der Waals surface area contributed by atoms with Crippen molar-refractivity contribution in [3.63, 3.8) is 0 Å². The quantitative estimate of drug-likeness (QED) is 0.742. The average Bonchev–Trinajstić information content (AvgIpc) is 3.12. The zero-order valence-electron chi connectivity index (χ0n) is 10.8. The van der Waals surface area contributed by atoms with Gasteiger partial charge in [-0.3, -0.25) is 4.79 Å². The van der Waals surface area contributed by atoms with Crippen molar-refractivity contribution in [2.45, 2.75) is 25.8 Å². The minimum atomic E-state index is -0.0278. The lowest BCUT2D eigenvalue weighted by molar-refractivity contribution is 0.101. The van der Waals surface area contributed by atoms with Crippen molar-refractivity contribution in [1.29, 1.82) is 0 Å². The Labute approximate surface area is 113 Å². The molecule has 4 heteroatoms. The Morgan fingerprint density at radius 2 is 2.22 bits per heavy atom. The molecule has 0 N–H and O–H groups in total. The lowest BCUT2D eigenvalue weighted by Crippen LogP contribution is -2.26. The van der Waals surface area contributed by atoms with E-state index in [1.54, 1.807) is 18.2 Å². The van der Waals surface area contributed by atoms with E-state index in [4.69, 9.17) is 16.3 Å². The fourth-order valence-electron chi connectivity index (χ4n) is 1.88. The monoisotopic (exact) mass is 267 g/mol. The van der Waals surface area contributed by atoms with Gasteiger partial charge in [0.2, 0.25) is 0 Å². The van der Waals surface area contributed by atoms with Crippen LogP contribution in [-0.4, -0.2) is 36.9 Å². The summed E-state index contributed by atoms with van der Waals surface area (Å²) < 4.78 is 5.63. The third-order valence-corrected chi connectivity index (χ3v) is 3.52. The number of nitrogens with zero attached hydrogens (tertiary/aromatic N) is 1. The standard InChI is InChI=1S/C14H18ClNO2/c1-10(17)13-6-5-12(9-14(13)15)18-8-7-16(2)11-3-4-11/h5-6,9,11H,3-4,7-8H2,1-2H3. The first-order valence-corrected chi connectivity index (χ1v) is 6.59. The van der Waals surface area contributed by atoms with Crippen molar-refractivity contribution >= 4 is 17.4 Å². The van der Waals surface area contributed by atoms with E-state index in [1.165, 1.54) is 19.8 Å². The zero-order chi connectivity index (χ0) is 13.1. The molecule has 0 atom stereocenters. The van der Waals surface area contributed by atoms with Crippen LogP contribution in [0.2, 0.25) is 5.02 Å². The lowest BCUT2D eigenvalue weighted by atomic mass is 10.1. The number of likely N-dealkylation sites (N-methyl/N-ethyl adjacent to an activating group) is 1. The zero-order valence-corrected chi connectivity index (χ0v) is 11.5. The predicted octanol–water partition coefficient (Wildman–Crippen LogP) is 3.02. The SMILES string of the molecule is CC(=O)c1ccc(OCCN(C)C2CC2)cc1Cl. The first kappa shape index (κ1) is 13.4. The smallest absolute Gasteiger partial charge is 0.161 e. The van der Waals surface area contributed by atoms with Gasteiger partial charge in [0.15, 0.2) is 5.78 Å². The van der Waals surface area contributed by atoms with Gasteiger partial charge < -0.3 is 9.64 Å². The van der Waals surface area contributed by atoms with Crippen molar-refractivity contribution in [2.24, 2.45) is 0 Å². The number of ketones is 1. The fourth-order valence-corrected chi connectivity index (χ4v) is 2.18. The Hall–Kier alpha value is -1.06. The molecule has 1 aromatic carbocycles. The first-order chi connectivity index (χ1) is 8.58. The molecule has 1 saturated carbocycles. The number of hydrogen-bond donors (Lipinski definition) is 0. The van der Waals surface area contributed by atoms with Gasteiger partial charge in [0.05, 0.1) is 5.02 Å². The van der Waals surface area contributed by atoms with Gasteiger partial charge in [-0.05, 0) is 45.0 Å². The number of rotatable bonds is 6. The second-order valence-corrected chi connectivity index (χ2v) is 5.17. The molecule has 0 bridgehead atoms. The van der Waals surface area contributed by atoms with Gasteiger partial charge in [0.25, 0.3) is 0 Å². The summed E-state index contributed by atoms with van der Waals surface area (Å²) in [6.45, 7) is 3.06. The molecular formula is C14H18ClNO2. The minimum absolute atomic E-state index is 0.0278. The molecular weight excluding hydrogens is 250 g/mol. The molecule has 0 heterocycles. The summed E-state index contributed by atoms with van der Waals surface area (Å²) in [4.78, 5) is 13.5. The molecule has 3 nitrogen and oxygen atoms in total. The largest absolute Gasteiger partial charge is 0.492 e. The van der Waals surface area contributed by atoms with Crippen molar-refractivity contribution in [1.82, 2.24) is 4.90 Å². The van der Waals surface area contributed by atoms with Crippen molar-refractivity contribution in [3.8, 4) is 5.75 Å². The minimum Gasteiger partial charge on any atom is -0.492 e. The molecule has 1 aliphatic carbocycles. The van der Waals surface area contributed by atoms with Crippen molar-refractivity contribution in [3.05, 3.63) is 28.8 Å². The summed E-state index contributed by atoms with van der Waals surface area (Å²) in [5.41, 5.74) is 0.541. The maximum absolute atomic E-state index is 11.2. The molecule has 1 aromatic rings. The van der Waals surface area contributed by atoms with E-state index in [-0.39, 0.29) is 5.78 Å². The molecule has 0 saturated heterocycles. The van der Waals surface area contributed by atoms with Gasteiger partial charge in [0.1, 0.15) is 12.4 Å². The molecule has 0 aliphatic heterocycles. The second kappa shape index (κ2) is 5.72. The van der Waals surface area contributed by atoms with Crippen molar-refractivity contribution < 1.29 is 9.53 Å². The third-order valence-electron chi connectivity index (χ3n) is 3.20. The van der Waals surface area contributed by atoms with Crippen LogP contribution in [0.15, 0.2) is 18.2 Å². The van der Waals surface area contributed by atoms with Crippen LogP contribution in [0, 0.1) is 0 Å². The van der Waals surface area contributed by atoms with Gasteiger partial charge in [-0.25, -0.2) is 0 Å². The number of hydrogen-bond acceptors (Lipinski definition) is 3. The Kier molecular flexibility index (Phi) is 4.25. The topological polar surface area (TPSA) is 29.5 Å². The first-order valence-electron chi connectivity index (χ1n) is 6.21. The number of carbonyl (C=O) groups is 1. The van der Waals surface area contributed by atoms with E-state index < -0.39 is 0 Å². The maximum atomic E-state index is 11.2. The Morgan fingerprint density at radius 3 is 2.78 bits per heavy atom. The summed E-state index contributed by atoms with van der Waals surface area (Å²) in [6.07, 6.45) is 2.60. The van der Waals surface area contributed by atoms with E-state index in [2.05, 4.69) is 11.9 Å². The highest BCUT2D eigenvalue weighted by atomic mass is 35.5. The summed E-state index contributed by atoms with van der Waals surface area (Å²) >= 11 is 6.02. The third kappa shape index (κ3) is 3.47. The molecule has 1 fully saturated rings. The van der Waals surface area contributed by atoms with E-state index >= 15 is 0 Å². The Bertz CT molecular complexity index is 443. The Morgan fingerprint density at radius 1 is 1.50 bits per heavy atom. The average molecular weight is 268 g/mol. The second-order valence-electron chi connectivity index (χ2n) is 4.76. The van der Waals surface area contributed by atoms with Gasteiger partial charge >= 0.3 is 0 Å². The summed E-state index contributed by atoms with van der Waals surface area (Å²) in [5.74, 6) is 0.689. The van der Waals surface area contributed by atoms with E-state index in [9.17, 15) is 4.79 Å². The normalized spacial score (nSPS) is 14.9. The molecule has 0 unspecified atom stereocenters. The van der Waals surface area contributed by atoms with Crippen LogP contribution >= 0.6 is 11.6 Å². The molecule has 2 rings (SSSR count). The van der Waals surface area contributed by atoms with Crippen LogP contribution in [0.25, 0.3) is 0 Å². The van der Waals surface area contributed by atoms with Crippen LogP contribution in [-0.2, 0) is 0 Å². The summed E-state index contributed by atoms with van der Waals surface area (Å²) in [7, 11) is 2.12. The fraction of sp³-hybridized carbons (Fsp3) is 0.500. The van der Waals surface area contributed by atoms with E-state index in [1.807, 2.05) is 0 Å². The van der Waals surface area contributed by atoms with E-state index in [0.29, 0.717) is 22.9 Å². The molecule has 0 aromatic heterocycles. The van der Waals surface area contributed by atoms with Crippen molar-refractivity contribution in [2.75, 3.05) is 20.2 Å². The van der Waals surface area contributed by atoms with Gasteiger partial charge in [-0.1, -0.05) is 11.6 Å². The molecule has 98 valence electrons. The van der Waals surface area contributed by atoms with Gasteiger partial charge in [0, 0.05) is 18.2 Å². The number of carbonyl (C=O) groups excluding carboxylic acids is 1. The van der Waals surface area contributed by atoms with Crippen LogP contribution in [0.3, 0.4) is 0 Å². The maximum Gasteiger partial charge on any atom is 0.161 e. The number of Topliss-reactive ketones (excluding diaryl/α,β-unsaturated/α-hetero) is 1. The highest BCUT2D eigenvalue weighted by molar-refractivity contribution is 6.34. The number of ether oxygens (including phenoxy) is 1. The Balaban J connectivity index is 1.85. The van der Waals surface area contributed by atoms with Crippen LogP contribution in [0.4, 0.5) is 0 Å². The van der Waals surface area contributed by atoms with Gasteiger partial charge in [-0.2, -0.15) is 0 Å².